The first-order valence-electron chi connectivity index (χ1n) is 8.91. The smallest absolute Gasteiger partial charge is 0.399 e. The Morgan fingerprint density at radius 2 is 1.46 bits per heavy atom. The van der Waals surface area contributed by atoms with Crippen LogP contribution in [0.1, 0.15) is 50.0 Å². The topological polar surface area (TPSA) is 35.5 Å². The molecule has 0 bridgehead atoms. The van der Waals surface area contributed by atoms with Gasteiger partial charge in [-0.25, -0.2) is 4.39 Å². The normalized spacial score (nSPS) is 18.1. The highest BCUT2D eigenvalue weighted by molar-refractivity contribution is 6.62. The Hall–Kier alpha value is -1.98. The maximum atomic E-state index is 12.9. The van der Waals surface area contributed by atoms with Crippen LogP contribution in [-0.2, 0) is 15.7 Å². The number of carbonyl (C=O) groups is 1. The summed E-state index contributed by atoms with van der Waals surface area (Å²) in [6.45, 7) is 8.06. The molecule has 0 N–H and O–H groups in total. The van der Waals surface area contributed by atoms with E-state index < -0.39 is 7.12 Å². The molecule has 0 atom stereocenters. The van der Waals surface area contributed by atoms with E-state index in [1.54, 1.807) is 12.1 Å². The fourth-order valence-corrected chi connectivity index (χ4v) is 2.86. The molecule has 0 spiro atoms. The average Bonchev–Trinajstić information content (AvgIpc) is 2.82. The summed E-state index contributed by atoms with van der Waals surface area (Å²) in [4.78, 5) is 12.4. The first kappa shape index (κ1) is 18.8. The molecule has 1 aliphatic heterocycles. The monoisotopic (exact) mass is 354 g/mol. The third kappa shape index (κ3) is 3.89. The molecule has 136 valence electrons. The van der Waals surface area contributed by atoms with Gasteiger partial charge in [-0.3, -0.25) is 4.79 Å². The summed E-state index contributed by atoms with van der Waals surface area (Å²) in [5.41, 5.74) is 1.74. The fraction of sp³-hybridized carbons (Fsp3) is 0.381. The van der Waals surface area contributed by atoms with Gasteiger partial charge in [-0.05, 0) is 57.3 Å². The first-order valence-corrected chi connectivity index (χ1v) is 8.91. The molecule has 2 aromatic rings. The summed E-state index contributed by atoms with van der Waals surface area (Å²) >= 11 is 0. The van der Waals surface area contributed by atoms with Crippen LogP contribution in [0.2, 0.25) is 0 Å². The van der Waals surface area contributed by atoms with Crippen molar-refractivity contribution in [2.24, 2.45) is 0 Å². The van der Waals surface area contributed by atoms with Gasteiger partial charge >= 0.3 is 7.12 Å². The number of carbonyl (C=O) groups excluding carboxylic acids is 1. The van der Waals surface area contributed by atoms with Gasteiger partial charge in [0.2, 0.25) is 0 Å². The lowest BCUT2D eigenvalue weighted by atomic mass is 9.78. The number of benzene rings is 2. The van der Waals surface area contributed by atoms with Crippen LogP contribution in [0, 0.1) is 5.82 Å². The molecule has 0 aromatic heterocycles. The molecule has 1 fully saturated rings. The highest BCUT2D eigenvalue weighted by Crippen LogP contribution is 2.36. The Labute approximate surface area is 154 Å². The average molecular weight is 354 g/mol. The lowest BCUT2D eigenvalue weighted by molar-refractivity contribution is 0.00578. The van der Waals surface area contributed by atoms with Crippen molar-refractivity contribution in [1.82, 2.24) is 0 Å². The fourth-order valence-electron chi connectivity index (χ4n) is 2.86. The van der Waals surface area contributed by atoms with Crippen LogP contribution in [0.3, 0.4) is 0 Å². The van der Waals surface area contributed by atoms with Gasteiger partial charge < -0.3 is 9.31 Å². The molecular formula is C21H24BFO3. The van der Waals surface area contributed by atoms with Crippen LogP contribution in [0.15, 0.2) is 48.5 Å². The third-order valence-electron chi connectivity index (χ3n) is 5.31. The summed E-state index contributed by atoms with van der Waals surface area (Å²) in [6.07, 6.45) is 0.986. The number of Topliss-reactive ketones (excluding diaryl/α,β-unsaturated/α-hetero) is 1. The van der Waals surface area contributed by atoms with Gasteiger partial charge in [0.1, 0.15) is 5.82 Å². The number of rotatable bonds is 5. The van der Waals surface area contributed by atoms with E-state index in [1.165, 1.54) is 12.1 Å². The molecule has 26 heavy (non-hydrogen) atoms. The third-order valence-corrected chi connectivity index (χ3v) is 5.31. The number of halogens is 1. The van der Waals surface area contributed by atoms with Gasteiger partial charge in [-0.1, -0.05) is 36.4 Å². The zero-order chi connectivity index (χ0) is 18.9. The van der Waals surface area contributed by atoms with E-state index in [2.05, 4.69) is 0 Å². The highest BCUT2D eigenvalue weighted by Gasteiger charge is 2.51. The first-order chi connectivity index (χ1) is 12.2. The number of aryl methyl sites for hydroxylation is 1. The van der Waals surface area contributed by atoms with Crippen molar-refractivity contribution in [3.05, 3.63) is 65.5 Å². The SMILES string of the molecule is CC1(C)OB(c2ccc(C(=O)CCc3ccc(F)cc3)cc2)OC1(C)C. The van der Waals surface area contributed by atoms with Gasteiger partial charge in [0, 0.05) is 12.0 Å². The molecule has 5 heteroatoms. The number of ketones is 1. The van der Waals surface area contributed by atoms with E-state index in [-0.39, 0.29) is 22.8 Å². The minimum Gasteiger partial charge on any atom is -0.399 e. The van der Waals surface area contributed by atoms with Gasteiger partial charge in [0.15, 0.2) is 5.78 Å². The molecule has 1 saturated heterocycles. The van der Waals surface area contributed by atoms with Crippen molar-refractivity contribution >= 4 is 18.4 Å². The van der Waals surface area contributed by atoms with E-state index >= 15 is 0 Å². The van der Waals surface area contributed by atoms with Crippen molar-refractivity contribution in [3.63, 3.8) is 0 Å². The van der Waals surface area contributed by atoms with Crippen LogP contribution >= 0.6 is 0 Å². The van der Waals surface area contributed by atoms with Gasteiger partial charge in [-0.2, -0.15) is 0 Å². The van der Waals surface area contributed by atoms with Crippen LogP contribution in [-0.4, -0.2) is 24.1 Å². The van der Waals surface area contributed by atoms with Crippen molar-refractivity contribution in [2.45, 2.75) is 51.7 Å². The maximum absolute atomic E-state index is 12.9. The molecule has 2 aromatic carbocycles. The minimum absolute atomic E-state index is 0.0646. The van der Waals surface area contributed by atoms with Gasteiger partial charge in [0.25, 0.3) is 0 Å². The molecule has 3 rings (SSSR count). The molecule has 0 unspecified atom stereocenters. The Balaban J connectivity index is 1.62. The molecule has 0 aliphatic carbocycles. The molecule has 0 radical (unpaired) electrons. The Morgan fingerprint density at radius 3 is 2.00 bits per heavy atom. The molecule has 1 heterocycles. The lowest BCUT2D eigenvalue weighted by Gasteiger charge is -2.32. The largest absolute Gasteiger partial charge is 0.494 e. The van der Waals surface area contributed by atoms with Crippen molar-refractivity contribution in [2.75, 3.05) is 0 Å². The van der Waals surface area contributed by atoms with E-state index in [4.69, 9.17) is 9.31 Å². The molecule has 3 nitrogen and oxygen atoms in total. The summed E-state index contributed by atoms with van der Waals surface area (Å²) in [5.74, 6) is -0.201. The van der Waals surface area contributed by atoms with Crippen LogP contribution in [0.5, 0.6) is 0 Å². The number of hydrogen-bond acceptors (Lipinski definition) is 3. The number of hydrogen-bond donors (Lipinski definition) is 0. The van der Waals surface area contributed by atoms with Gasteiger partial charge in [-0.15, -0.1) is 0 Å². The molecular weight excluding hydrogens is 330 g/mol. The zero-order valence-electron chi connectivity index (χ0n) is 15.7. The second-order valence-corrected chi connectivity index (χ2v) is 7.76. The summed E-state index contributed by atoms with van der Waals surface area (Å²) in [7, 11) is -0.427. The van der Waals surface area contributed by atoms with Gasteiger partial charge in [0.05, 0.1) is 11.2 Å². The second-order valence-electron chi connectivity index (χ2n) is 7.76. The molecule has 1 aliphatic rings. The van der Waals surface area contributed by atoms with Crippen molar-refractivity contribution in [1.29, 1.82) is 0 Å². The lowest BCUT2D eigenvalue weighted by Crippen LogP contribution is -2.41. The second kappa shape index (κ2) is 6.97. The summed E-state index contributed by atoms with van der Waals surface area (Å²) < 4.78 is 25.0. The highest BCUT2D eigenvalue weighted by atomic mass is 19.1. The van der Waals surface area contributed by atoms with E-state index in [1.807, 2.05) is 52.0 Å². The summed E-state index contributed by atoms with van der Waals surface area (Å²) in [5, 5.41) is 0. The Kier molecular flexibility index (Phi) is 5.04. The standard InChI is InChI=1S/C21H24BFO3/c1-20(2)21(3,4)26-22(25-20)17-10-8-16(9-11-17)19(24)14-7-15-5-12-18(23)13-6-15/h5-6,8-13H,7,14H2,1-4H3. The van der Waals surface area contributed by atoms with Crippen molar-refractivity contribution < 1.29 is 18.5 Å². The van der Waals surface area contributed by atoms with E-state index in [9.17, 15) is 9.18 Å². The summed E-state index contributed by atoms with van der Waals surface area (Å²) in [6, 6.07) is 13.6. The Bertz CT molecular complexity index is 766. The van der Waals surface area contributed by atoms with E-state index in [0.717, 1.165) is 11.0 Å². The zero-order valence-corrected chi connectivity index (χ0v) is 15.7. The predicted octanol–water partition coefficient (Wildman–Crippen LogP) is 3.94. The molecule has 0 amide bonds. The van der Waals surface area contributed by atoms with E-state index in [0.29, 0.717) is 18.4 Å². The minimum atomic E-state index is -0.427. The molecule has 0 saturated carbocycles. The van der Waals surface area contributed by atoms with Crippen LogP contribution in [0.25, 0.3) is 0 Å². The maximum Gasteiger partial charge on any atom is 0.494 e. The van der Waals surface area contributed by atoms with Crippen molar-refractivity contribution in [3.8, 4) is 0 Å². The quantitative estimate of drug-likeness (QED) is 0.603. The predicted molar refractivity (Wildman–Crippen MR) is 101 cm³/mol. The Morgan fingerprint density at radius 1 is 0.923 bits per heavy atom. The van der Waals surface area contributed by atoms with Crippen LogP contribution in [0.4, 0.5) is 4.39 Å². The van der Waals surface area contributed by atoms with Crippen LogP contribution < -0.4 is 5.46 Å².